The first-order valence-electron chi connectivity index (χ1n) is 6.78. The van der Waals surface area contributed by atoms with Crippen LogP contribution in [0, 0.1) is 0 Å². The van der Waals surface area contributed by atoms with Crippen molar-refractivity contribution in [1.29, 1.82) is 0 Å². The largest absolute Gasteiger partial charge is 0.326 e. The molecule has 0 saturated heterocycles. The third kappa shape index (κ3) is 3.47. The van der Waals surface area contributed by atoms with E-state index in [0.29, 0.717) is 6.04 Å². The Morgan fingerprint density at radius 3 is 2.28 bits per heavy atom. The van der Waals surface area contributed by atoms with E-state index in [1.165, 1.54) is 0 Å². The van der Waals surface area contributed by atoms with E-state index in [2.05, 4.69) is 38.7 Å². The fourth-order valence-corrected chi connectivity index (χ4v) is 2.72. The third-order valence-electron chi connectivity index (χ3n) is 3.49. The molecular formula is C15H25ClN2. The number of hydrogen-bond donors (Lipinski definition) is 1. The lowest BCUT2D eigenvalue weighted by Gasteiger charge is -2.38. The number of benzene rings is 1. The molecule has 0 heterocycles. The van der Waals surface area contributed by atoms with Crippen LogP contribution in [0.15, 0.2) is 24.3 Å². The lowest BCUT2D eigenvalue weighted by molar-refractivity contribution is 0.138. The van der Waals surface area contributed by atoms with Gasteiger partial charge in [0.25, 0.3) is 0 Å². The van der Waals surface area contributed by atoms with Gasteiger partial charge in [0.05, 0.1) is 6.04 Å². The summed E-state index contributed by atoms with van der Waals surface area (Å²) in [5, 5.41) is 0.811. The van der Waals surface area contributed by atoms with Crippen molar-refractivity contribution in [3.8, 4) is 0 Å². The van der Waals surface area contributed by atoms with Crippen molar-refractivity contribution in [2.45, 2.75) is 52.2 Å². The molecule has 2 atom stereocenters. The van der Waals surface area contributed by atoms with Gasteiger partial charge in [-0.3, -0.25) is 4.90 Å². The predicted octanol–water partition coefficient (Wildman–Crippen LogP) is 3.85. The molecule has 2 unspecified atom stereocenters. The van der Waals surface area contributed by atoms with Crippen molar-refractivity contribution in [3.05, 3.63) is 34.9 Å². The van der Waals surface area contributed by atoms with Crippen molar-refractivity contribution in [2.75, 3.05) is 6.54 Å². The molecule has 1 rings (SSSR count). The van der Waals surface area contributed by atoms with Gasteiger partial charge in [-0.1, -0.05) is 43.6 Å². The molecule has 0 aromatic heterocycles. The van der Waals surface area contributed by atoms with E-state index in [9.17, 15) is 0 Å². The van der Waals surface area contributed by atoms with Crippen molar-refractivity contribution in [2.24, 2.45) is 5.73 Å². The maximum atomic E-state index is 6.34. The average Bonchev–Trinajstić information content (AvgIpc) is 2.35. The topological polar surface area (TPSA) is 29.3 Å². The smallest absolute Gasteiger partial charge is 0.0516 e. The Kier molecular flexibility index (Phi) is 6.13. The lowest BCUT2D eigenvalue weighted by atomic mass is 9.95. The normalized spacial score (nSPS) is 15.1. The highest BCUT2D eigenvalue weighted by Crippen LogP contribution is 2.31. The van der Waals surface area contributed by atoms with Crippen molar-refractivity contribution in [1.82, 2.24) is 4.90 Å². The third-order valence-corrected chi connectivity index (χ3v) is 3.83. The second-order valence-electron chi connectivity index (χ2n) is 4.96. The summed E-state index contributed by atoms with van der Waals surface area (Å²) < 4.78 is 0. The second kappa shape index (κ2) is 7.13. The molecule has 0 spiro atoms. The zero-order valence-electron chi connectivity index (χ0n) is 11.9. The minimum absolute atomic E-state index is 0.104. The Balaban J connectivity index is 3.17. The number of likely N-dealkylation sites (N-methyl/N-ethyl adjacent to an activating group) is 1. The van der Waals surface area contributed by atoms with Crippen LogP contribution < -0.4 is 5.73 Å². The summed E-state index contributed by atoms with van der Waals surface area (Å²) in [7, 11) is 0. The maximum absolute atomic E-state index is 6.34. The summed E-state index contributed by atoms with van der Waals surface area (Å²) in [5.74, 6) is 0. The SMILES string of the molecule is CCC(N)C(c1ccccc1Cl)N(CC)C(C)C. The minimum atomic E-state index is 0.104. The minimum Gasteiger partial charge on any atom is -0.326 e. The van der Waals surface area contributed by atoms with E-state index in [1.807, 2.05) is 18.2 Å². The molecular weight excluding hydrogens is 244 g/mol. The predicted molar refractivity (Wildman–Crippen MR) is 80.0 cm³/mol. The summed E-state index contributed by atoms with van der Waals surface area (Å²) in [5.41, 5.74) is 7.47. The molecule has 1 aromatic rings. The van der Waals surface area contributed by atoms with Gasteiger partial charge < -0.3 is 5.73 Å². The average molecular weight is 269 g/mol. The molecule has 0 bridgehead atoms. The second-order valence-corrected chi connectivity index (χ2v) is 5.37. The summed E-state index contributed by atoms with van der Waals surface area (Å²) >= 11 is 6.34. The first kappa shape index (κ1) is 15.5. The monoisotopic (exact) mass is 268 g/mol. The Bertz CT molecular complexity index is 365. The van der Waals surface area contributed by atoms with Crippen LogP contribution in [0.1, 0.15) is 45.7 Å². The summed E-state index contributed by atoms with van der Waals surface area (Å²) in [6, 6.07) is 8.78. The van der Waals surface area contributed by atoms with Crippen LogP contribution in [0.2, 0.25) is 5.02 Å². The summed E-state index contributed by atoms with van der Waals surface area (Å²) in [6.45, 7) is 9.68. The lowest BCUT2D eigenvalue weighted by Crippen LogP contribution is -2.44. The van der Waals surface area contributed by atoms with Gasteiger partial charge in [0.1, 0.15) is 0 Å². The number of hydrogen-bond acceptors (Lipinski definition) is 2. The van der Waals surface area contributed by atoms with Crippen LogP contribution in [-0.2, 0) is 0 Å². The zero-order valence-corrected chi connectivity index (χ0v) is 12.6. The summed E-state index contributed by atoms with van der Waals surface area (Å²) in [4.78, 5) is 2.41. The fraction of sp³-hybridized carbons (Fsp3) is 0.600. The van der Waals surface area contributed by atoms with Crippen LogP contribution in [0.5, 0.6) is 0 Å². The van der Waals surface area contributed by atoms with Crippen molar-refractivity contribution < 1.29 is 0 Å². The highest BCUT2D eigenvalue weighted by Gasteiger charge is 2.27. The van der Waals surface area contributed by atoms with E-state index < -0.39 is 0 Å². The summed E-state index contributed by atoms with van der Waals surface area (Å²) in [6.07, 6.45) is 0.944. The van der Waals surface area contributed by atoms with E-state index in [-0.39, 0.29) is 12.1 Å². The molecule has 18 heavy (non-hydrogen) atoms. The molecule has 0 fully saturated rings. The molecule has 0 aliphatic carbocycles. The van der Waals surface area contributed by atoms with E-state index >= 15 is 0 Å². The van der Waals surface area contributed by atoms with Gasteiger partial charge in [-0.05, 0) is 38.4 Å². The molecule has 1 aromatic carbocycles. The fourth-order valence-electron chi connectivity index (χ4n) is 2.48. The van der Waals surface area contributed by atoms with Gasteiger partial charge in [-0.15, -0.1) is 0 Å². The van der Waals surface area contributed by atoms with E-state index in [1.54, 1.807) is 0 Å². The maximum Gasteiger partial charge on any atom is 0.0516 e. The Labute approximate surface area is 116 Å². The molecule has 2 N–H and O–H groups in total. The highest BCUT2D eigenvalue weighted by molar-refractivity contribution is 6.31. The molecule has 0 radical (unpaired) electrons. The molecule has 3 heteroatoms. The quantitative estimate of drug-likeness (QED) is 0.849. The van der Waals surface area contributed by atoms with Gasteiger partial charge in [0.15, 0.2) is 0 Å². The Morgan fingerprint density at radius 2 is 1.83 bits per heavy atom. The van der Waals surface area contributed by atoms with Crippen LogP contribution in [0.3, 0.4) is 0 Å². The van der Waals surface area contributed by atoms with E-state index in [4.69, 9.17) is 17.3 Å². The Hall–Kier alpha value is -0.570. The molecule has 0 amide bonds. The standard InChI is InChI=1S/C15H25ClN2/c1-5-14(17)15(18(6-2)11(3)4)12-9-7-8-10-13(12)16/h7-11,14-15H,5-6,17H2,1-4H3. The molecule has 0 aliphatic rings. The number of nitrogens with zero attached hydrogens (tertiary/aromatic N) is 1. The Morgan fingerprint density at radius 1 is 1.22 bits per heavy atom. The van der Waals surface area contributed by atoms with Gasteiger partial charge in [0.2, 0.25) is 0 Å². The van der Waals surface area contributed by atoms with Crippen molar-refractivity contribution in [3.63, 3.8) is 0 Å². The van der Waals surface area contributed by atoms with Crippen molar-refractivity contribution >= 4 is 11.6 Å². The van der Waals surface area contributed by atoms with Gasteiger partial charge >= 0.3 is 0 Å². The van der Waals surface area contributed by atoms with Gasteiger partial charge in [0, 0.05) is 17.1 Å². The molecule has 0 aliphatic heterocycles. The first-order chi connectivity index (χ1) is 8.52. The number of nitrogens with two attached hydrogens (primary N) is 1. The van der Waals surface area contributed by atoms with Crippen LogP contribution in [0.25, 0.3) is 0 Å². The molecule has 102 valence electrons. The van der Waals surface area contributed by atoms with Crippen LogP contribution in [0.4, 0.5) is 0 Å². The molecule has 0 saturated carbocycles. The van der Waals surface area contributed by atoms with E-state index in [0.717, 1.165) is 23.6 Å². The number of rotatable bonds is 6. The zero-order chi connectivity index (χ0) is 13.7. The molecule has 2 nitrogen and oxygen atoms in total. The van der Waals surface area contributed by atoms with Gasteiger partial charge in [-0.2, -0.15) is 0 Å². The van der Waals surface area contributed by atoms with Gasteiger partial charge in [-0.25, -0.2) is 0 Å². The van der Waals surface area contributed by atoms with Crippen LogP contribution >= 0.6 is 11.6 Å². The first-order valence-corrected chi connectivity index (χ1v) is 7.16. The highest BCUT2D eigenvalue weighted by atomic mass is 35.5. The van der Waals surface area contributed by atoms with Crippen LogP contribution in [-0.4, -0.2) is 23.5 Å². The number of halogens is 1.